The molecule has 47 heavy (non-hydrogen) atoms. The van der Waals surface area contributed by atoms with E-state index in [1.807, 2.05) is 0 Å². The second-order valence-corrected chi connectivity index (χ2v) is 17.1. The Hall–Kier alpha value is -2.83. The number of likely N-dealkylation sites (N-methyl/N-ethyl adjacent to an activating group) is 1. The van der Waals surface area contributed by atoms with Gasteiger partial charge in [-0.15, -0.1) is 0 Å². The van der Waals surface area contributed by atoms with Crippen LogP contribution in [0.5, 0.6) is 0 Å². The van der Waals surface area contributed by atoms with Crippen LogP contribution < -0.4 is 4.90 Å². The number of aromatic nitrogens is 1. The Labute approximate surface area is 279 Å². The van der Waals surface area contributed by atoms with Crippen molar-refractivity contribution >= 4 is 22.6 Å². The Morgan fingerprint density at radius 3 is 2.66 bits per heavy atom. The van der Waals surface area contributed by atoms with Gasteiger partial charge in [-0.1, -0.05) is 37.3 Å². The minimum absolute atomic E-state index is 0.0255. The summed E-state index contributed by atoms with van der Waals surface area (Å²) in [6.45, 7) is 7.31. The molecule has 9 aliphatic rings. The van der Waals surface area contributed by atoms with Gasteiger partial charge in [0.2, 0.25) is 0 Å². The largest absolute Gasteiger partial charge is 0.469 e. The molecule has 246 valence electrons. The lowest BCUT2D eigenvalue weighted by atomic mass is 9.38. The van der Waals surface area contributed by atoms with E-state index in [0.29, 0.717) is 23.5 Å². The second-order valence-electron chi connectivity index (χ2n) is 17.1. The topological polar surface area (TPSA) is 41.0 Å². The zero-order valence-electron chi connectivity index (χ0n) is 28.6. The van der Waals surface area contributed by atoms with Crippen LogP contribution in [-0.2, 0) is 21.4 Å². The fraction of sp³-hybridized carbons (Fsp3) is 0.634. The molecule has 3 saturated heterocycles. The Morgan fingerprint density at radius 2 is 1.79 bits per heavy atom. The summed E-state index contributed by atoms with van der Waals surface area (Å²) in [5, 5.41) is 1.49. The number of carbonyl (C=O) groups excluding carboxylic acids is 1. The first kappa shape index (κ1) is 28.1. The average molecular weight is 631 g/mol. The zero-order chi connectivity index (χ0) is 31.5. The van der Waals surface area contributed by atoms with Crippen molar-refractivity contribution < 1.29 is 9.53 Å². The molecule has 0 amide bonds. The monoisotopic (exact) mass is 630 g/mol. The van der Waals surface area contributed by atoms with Gasteiger partial charge < -0.3 is 14.2 Å². The van der Waals surface area contributed by atoms with Crippen molar-refractivity contribution in [1.82, 2.24) is 14.4 Å². The molecule has 7 heterocycles. The van der Waals surface area contributed by atoms with Gasteiger partial charge in [-0.3, -0.25) is 14.6 Å². The number of piperidine rings is 2. The SMILES string of the molecule is CC[C@@]12CCCN3CCc4c(n(c5ccccc45)[C@H](c4ccc5c(c4)[C@@]46CCN7CCC[C@]8(CC[C@]4([C@H](C(=O)OC)C8)N5C)[C@H]76)C1)[C@H]32. The fourth-order valence-electron chi connectivity index (χ4n) is 14.8. The number of hydrogen-bond donors (Lipinski definition) is 0. The lowest BCUT2D eigenvalue weighted by Crippen LogP contribution is -2.78. The van der Waals surface area contributed by atoms with E-state index < -0.39 is 0 Å². The molecule has 0 radical (unpaired) electrons. The average Bonchev–Trinajstić information content (AvgIpc) is 3.75. The number of anilines is 1. The Bertz CT molecular complexity index is 1860. The van der Waals surface area contributed by atoms with Gasteiger partial charge in [0.15, 0.2) is 0 Å². The van der Waals surface area contributed by atoms with Crippen molar-refractivity contribution in [3.63, 3.8) is 0 Å². The highest BCUT2D eigenvalue weighted by molar-refractivity contribution is 5.87. The second kappa shape index (κ2) is 9.04. The molecule has 0 N–H and O–H groups in total. The van der Waals surface area contributed by atoms with Gasteiger partial charge in [0.1, 0.15) is 0 Å². The third-order valence-electron chi connectivity index (χ3n) is 16.3. The van der Waals surface area contributed by atoms with Crippen LogP contribution in [0.4, 0.5) is 5.69 Å². The van der Waals surface area contributed by atoms with E-state index in [2.05, 4.69) is 75.7 Å². The van der Waals surface area contributed by atoms with Crippen molar-refractivity contribution in [2.45, 2.75) is 107 Å². The summed E-state index contributed by atoms with van der Waals surface area (Å²) in [6.07, 6.45) is 13.3. The molecule has 6 fully saturated rings. The maximum atomic E-state index is 13.9. The summed E-state index contributed by atoms with van der Waals surface area (Å²) in [7, 11) is 3.95. The third-order valence-corrected chi connectivity index (χ3v) is 16.3. The van der Waals surface area contributed by atoms with Crippen LogP contribution in [0.3, 0.4) is 0 Å². The van der Waals surface area contributed by atoms with Crippen LogP contribution >= 0.6 is 0 Å². The number of benzene rings is 2. The van der Waals surface area contributed by atoms with Crippen molar-refractivity contribution in [2.24, 2.45) is 16.7 Å². The fourth-order valence-corrected chi connectivity index (χ4v) is 14.8. The van der Waals surface area contributed by atoms with E-state index in [-0.39, 0.29) is 28.3 Å². The molecule has 12 rings (SSSR count). The number of para-hydroxylation sites is 1. The van der Waals surface area contributed by atoms with Gasteiger partial charge in [0.05, 0.1) is 30.7 Å². The predicted octanol–water partition coefficient (Wildman–Crippen LogP) is 6.99. The zero-order valence-corrected chi connectivity index (χ0v) is 28.6. The van der Waals surface area contributed by atoms with Gasteiger partial charge in [-0.25, -0.2) is 0 Å². The molecule has 6 nitrogen and oxygen atoms in total. The van der Waals surface area contributed by atoms with E-state index in [9.17, 15) is 4.79 Å². The summed E-state index contributed by atoms with van der Waals surface area (Å²) in [6, 6.07) is 18.4. The lowest BCUT2D eigenvalue weighted by molar-refractivity contribution is -0.174. The van der Waals surface area contributed by atoms with Crippen molar-refractivity contribution in [1.29, 1.82) is 0 Å². The lowest BCUT2D eigenvalue weighted by Gasteiger charge is -2.70. The quantitative estimate of drug-likeness (QED) is 0.292. The summed E-state index contributed by atoms with van der Waals surface area (Å²) in [5.74, 6) is -0.0369. The van der Waals surface area contributed by atoms with E-state index in [1.54, 1.807) is 23.9 Å². The molecular weight excluding hydrogens is 580 g/mol. The van der Waals surface area contributed by atoms with E-state index in [4.69, 9.17) is 4.74 Å². The Kier molecular flexibility index (Phi) is 5.39. The van der Waals surface area contributed by atoms with E-state index in [0.717, 1.165) is 25.8 Å². The number of fused-ring (bicyclic) bond motifs is 6. The molecule has 1 aromatic heterocycles. The highest BCUT2D eigenvalue weighted by Crippen LogP contribution is 2.76. The van der Waals surface area contributed by atoms with Crippen molar-refractivity contribution in [3.05, 3.63) is 64.8 Å². The van der Waals surface area contributed by atoms with Crippen LogP contribution in [0.25, 0.3) is 10.9 Å². The molecule has 6 aliphatic heterocycles. The first-order valence-electron chi connectivity index (χ1n) is 19.0. The molecule has 6 heteroatoms. The third kappa shape index (κ3) is 2.96. The van der Waals surface area contributed by atoms with Gasteiger partial charge in [0.25, 0.3) is 0 Å². The summed E-state index contributed by atoms with van der Waals surface area (Å²) in [4.78, 5) is 22.2. The standard InChI is InChI=1S/C41H50N4O2/c1-4-38-14-7-19-43-21-13-28-27-9-5-6-10-31(27)45(34(28)35(38)43)33(25-38)26-11-12-32-29(23-26)40-18-22-44-20-8-15-39(37(40)44)16-17-41(40,42(32)2)30(24-39)36(46)47-3/h5-6,9-12,23,30,33,35,37H,4,7-8,13-22,24-25H2,1-3H3/t30-,33-,35-,37-,38+,39+,40+,41+/m0/s1. The smallest absolute Gasteiger partial charge is 0.311 e. The molecule has 3 aromatic rings. The molecule has 0 unspecified atom stereocenters. The number of hydrogen-bond acceptors (Lipinski definition) is 5. The van der Waals surface area contributed by atoms with Gasteiger partial charge in [-0.2, -0.15) is 0 Å². The minimum Gasteiger partial charge on any atom is -0.469 e. The van der Waals surface area contributed by atoms with Gasteiger partial charge in [0, 0.05) is 47.3 Å². The minimum atomic E-state index is -0.203. The van der Waals surface area contributed by atoms with Crippen LogP contribution in [0, 0.1) is 16.7 Å². The number of esters is 1. The van der Waals surface area contributed by atoms with Crippen LogP contribution in [0.15, 0.2) is 42.5 Å². The number of rotatable bonds is 3. The van der Waals surface area contributed by atoms with Crippen LogP contribution in [0.2, 0.25) is 0 Å². The number of ether oxygens (including phenoxy) is 1. The molecule has 3 saturated carbocycles. The van der Waals surface area contributed by atoms with Crippen LogP contribution in [0.1, 0.15) is 106 Å². The maximum absolute atomic E-state index is 13.9. The van der Waals surface area contributed by atoms with Gasteiger partial charge >= 0.3 is 5.97 Å². The van der Waals surface area contributed by atoms with Gasteiger partial charge in [-0.05, 0) is 130 Å². The number of carbonyl (C=O) groups is 1. The first-order valence-corrected chi connectivity index (χ1v) is 19.0. The van der Waals surface area contributed by atoms with Crippen LogP contribution in [-0.4, -0.2) is 72.3 Å². The summed E-state index contributed by atoms with van der Waals surface area (Å²) in [5.41, 5.74) is 9.46. The molecule has 3 aliphatic carbocycles. The molecule has 2 bridgehead atoms. The number of nitrogens with zero attached hydrogens (tertiary/aromatic N) is 4. The number of methoxy groups -OCH3 is 1. The predicted molar refractivity (Wildman–Crippen MR) is 185 cm³/mol. The van der Waals surface area contributed by atoms with Crippen molar-refractivity contribution in [2.75, 3.05) is 45.2 Å². The molecule has 8 atom stereocenters. The summed E-state index contributed by atoms with van der Waals surface area (Å²) >= 11 is 0. The van der Waals surface area contributed by atoms with E-state index in [1.165, 1.54) is 93.2 Å². The first-order chi connectivity index (χ1) is 22.9. The molecule has 3 spiro atoms. The Morgan fingerprint density at radius 1 is 0.936 bits per heavy atom. The highest BCUT2D eigenvalue weighted by atomic mass is 16.5. The van der Waals surface area contributed by atoms with Crippen molar-refractivity contribution in [3.8, 4) is 0 Å². The van der Waals surface area contributed by atoms with E-state index >= 15 is 0 Å². The Balaban J connectivity index is 1.15. The molecule has 2 aromatic carbocycles. The normalized spacial score (nSPS) is 41.0. The molecular formula is C41H50N4O2. The highest BCUT2D eigenvalue weighted by Gasteiger charge is 2.80. The maximum Gasteiger partial charge on any atom is 0.311 e. The summed E-state index contributed by atoms with van der Waals surface area (Å²) < 4.78 is 8.51.